The molecular weight excluding hydrogens is 394 g/mol. The molecule has 4 rings (SSSR count). The topological polar surface area (TPSA) is 52.7 Å². The molecule has 1 aromatic heterocycles. The number of aryl methyl sites for hydroxylation is 1. The summed E-state index contributed by atoms with van der Waals surface area (Å²) in [6.45, 7) is 2.85. The molecule has 2 aromatic rings. The Kier molecular flexibility index (Phi) is 6.42. The first-order chi connectivity index (χ1) is 14.5. The Morgan fingerprint density at radius 1 is 1.13 bits per heavy atom. The third kappa shape index (κ3) is 4.69. The molecule has 30 heavy (non-hydrogen) atoms. The number of nitrogens with one attached hydrogen (secondary N) is 1. The van der Waals surface area contributed by atoms with Gasteiger partial charge in [-0.05, 0) is 67.9 Å². The van der Waals surface area contributed by atoms with Gasteiger partial charge in [-0.25, -0.2) is 0 Å². The third-order valence-electron chi connectivity index (χ3n) is 6.19. The van der Waals surface area contributed by atoms with Crippen LogP contribution >= 0.6 is 11.3 Å². The van der Waals surface area contributed by atoms with E-state index in [2.05, 4.69) is 34.5 Å². The fourth-order valence-corrected chi connectivity index (χ4v) is 5.61. The molecule has 0 spiro atoms. The number of carbonyl (C=O) groups is 2. The van der Waals surface area contributed by atoms with Crippen LogP contribution in [-0.2, 0) is 24.2 Å². The van der Waals surface area contributed by atoms with Crippen molar-refractivity contribution in [3.05, 3.63) is 51.2 Å². The van der Waals surface area contributed by atoms with Crippen LogP contribution in [0.25, 0.3) is 0 Å². The number of hydrogen-bond acceptors (Lipinski definition) is 4. The zero-order valence-corrected chi connectivity index (χ0v) is 18.8. The second-order valence-corrected chi connectivity index (χ2v) is 9.77. The Balaban J connectivity index is 1.31. The lowest BCUT2D eigenvalue weighted by atomic mass is 9.87. The van der Waals surface area contributed by atoms with Gasteiger partial charge in [0.25, 0.3) is 5.91 Å². The molecule has 1 saturated heterocycles. The fourth-order valence-electron chi connectivity index (χ4n) is 4.38. The Bertz CT molecular complexity index is 898. The predicted molar refractivity (Wildman–Crippen MR) is 122 cm³/mol. The second-order valence-electron chi connectivity index (χ2n) is 8.63. The average Bonchev–Trinajstić information content (AvgIpc) is 3.21. The standard InChI is InChI=1S/C24H31N3O2S/c1-26(2)24(29)22-15-19-14-18(8-11-21(19)30-22)23(28)25-16-17-6-9-20(10-7-17)27-12-4-3-5-13-27/h6-7,9-10,15,18H,3-5,8,11-14,16H2,1-2H3,(H,25,28). The summed E-state index contributed by atoms with van der Waals surface area (Å²) in [5.41, 5.74) is 3.59. The highest BCUT2D eigenvalue weighted by Crippen LogP contribution is 2.33. The van der Waals surface area contributed by atoms with E-state index < -0.39 is 0 Å². The molecule has 1 fully saturated rings. The van der Waals surface area contributed by atoms with Crippen LogP contribution in [0.3, 0.4) is 0 Å². The van der Waals surface area contributed by atoms with E-state index in [4.69, 9.17) is 0 Å². The molecule has 0 radical (unpaired) electrons. The highest BCUT2D eigenvalue weighted by atomic mass is 32.1. The van der Waals surface area contributed by atoms with Gasteiger partial charge in [0.2, 0.25) is 5.91 Å². The summed E-state index contributed by atoms with van der Waals surface area (Å²) < 4.78 is 0. The molecule has 1 unspecified atom stereocenters. The zero-order chi connectivity index (χ0) is 21.1. The van der Waals surface area contributed by atoms with E-state index >= 15 is 0 Å². The third-order valence-corrected chi connectivity index (χ3v) is 7.42. The van der Waals surface area contributed by atoms with Gasteiger partial charge in [-0.15, -0.1) is 11.3 Å². The van der Waals surface area contributed by atoms with Crippen molar-refractivity contribution in [2.75, 3.05) is 32.1 Å². The van der Waals surface area contributed by atoms with Crippen molar-refractivity contribution in [1.29, 1.82) is 0 Å². The van der Waals surface area contributed by atoms with Crippen LogP contribution in [0.1, 0.15) is 51.4 Å². The molecule has 2 aliphatic rings. The first-order valence-electron chi connectivity index (χ1n) is 11.0. The Morgan fingerprint density at radius 2 is 1.87 bits per heavy atom. The van der Waals surface area contributed by atoms with Gasteiger partial charge in [0.15, 0.2) is 0 Å². The van der Waals surface area contributed by atoms with Crippen LogP contribution in [0.4, 0.5) is 5.69 Å². The van der Waals surface area contributed by atoms with E-state index in [9.17, 15) is 9.59 Å². The van der Waals surface area contributed by atoms with Crippen LogP contribution in [0.5, 0.6) is 0 Å². The van der Waals surface area contributed by atoms with Crippen molar-refractivity contribution in [2.24, 2.45) is 5.92 Å². The lowest BCUT2D eigenvalue weighted by molar-refractivity contribution is -0.125. The Morgan fingerprint density at radius 3 is 2.57 bits per heavy atom. The number of thiophene rings is 1. The van der Waals surface area contributed by atoms with Crippen molar-refractivity contribution in [3.8, 4) is 0 Å². The van der Waals surface area contributed by atoms with Gasteiger partial charge >= 0.3 is 0 Å². The summed E-state index contributed by atoms with van der Waals surface area (Å²) in [7, 11) is 3.55. The molecule has 0 saturated carbocycles. The van der Waals surface area contributed by atoms with Crippen molar-refractivity contribution in [3.63, 3.8) is 0 Å². The molecule has 1 N–H and O–H groups in total. The summed E-state index contributed by atoms with van der Waals surface area (Å²) in [6.07, 6.45) is 6.34. The van der Waals surface area contributed by atoms with Crippen LogP contribution < -0.4 is 10.2 Å². The molecular formula is C24H31N3O2S. The van der Waals surface area contributed by atoms with Crippen LogP contribution in [0.2, 0.25) is 0 Å². The molecule has 0 bridgehead atoms. The predicted octanol–water partition coefficient (Wildman–Crippen LogP) is 3.86. The SMILES string of the molecule is CN(C)C(=O)c1cc2c(s1)CCC(C(=O)NCc1ccc(N3CCCCC3)cc1)C2. The van der Waals surface area contributed by atoms with E-state index in [1.807, 2.05) is 6.07 Å². The number of rotatable bonds is 5. The van der Waals surface area contributed by atoms with Crippen molar-refractivity contribution >= 4 is 28.8 Å². The van der Waals surface area contributed by atoms with E-state index in [-0.39, 0.29) is 17.7 Å². The Labute approximate surface area is 183 Å². The van der Waals surface area contributed by atoms with Gasteiger partial charge < -0.3 is 15.1 Å². The maximum absolute atomic E-state index is 12.8. The van der Waals surface area contributed by atoms with Gasteiger partial charge in [0.1, 0.15) is 0 Å². The molecule has 2 heterocycles. The Hall–Kier alpha value is -2.34. The number of anilines is 1. The number of benzene rings is 1. The quantitative estimate of drug-likeness (QED) is 0.791. The lowest BCUT2D eigenvalue weighted by Crippen LogP contribution is -2.33. The van der Waals surface area contributed by atoms with Gasteiger partial charge in [0.05, 0.1) is 4.88 Å². The number of hydrogen-bond donors (Lipinski definition) is 1. The van der Waals surface area contributed by atoms with E-state index in [1.165, 1.54) is 35.4 Å². The minimum Gasteiger partial charge on any atom is -0.372 e. The number of piperidine rings is 1. The summed E-state index contributed by atoms with van der Waals surface area (Å²) in [4.78, 5) is 31.1. The second kappa shape index (κ2) is 9.21. The fraction of sp³-hybridized carbons (Fsp3) is 0.500. The van der Waals surface area contributed by atoms with Crippen LogP contribution in [0.15, 0.2) is 30.3 Å². The summed E-state index contributed by atoms with van der Waals surface area (Å²) in [6, 6.07) is 10.6. The van der Waals surface area contributed by atoms with Gasteiger partial charge in [-0.2, -0.15) is 0 Å². The van der Waals surface area contributed by atoms with Gasteiger partial charge in [-0.1, -0.05) is 12.1 Å². The van der Waals surface area contributed by atoms with E-state index in [0.717, 1.165) is 42.8 Å². The molecule has 2 amide bonds. The van der Waals surface area contributed by atoms with E-state index in [0.29, 0.717) is 6.54 Å². The molecule has 1 aromatic carbocycles. The van der Waals surface area contributed by atoms with Crippen molar-refractivity contribution in [2.45, 2.75) is 45.1 Å². The summed E-state index contributed by atoms with van der Waals surface area (Å²) in [5.74, 6) is 0.151. The number of carbonyl (C=O) groups excluding carboxylic acids is 2. The molecule has 160 valence electrons. The smallest absolute Gasteiger partial charge is 0.263 e. The number of fused-ring (bicyclic) bond motifs is 1. The molecule has 5 nitrogen and oxygen atoms in total. The maximum Gasteiger partial charge on any atom is 0.263 e. The van der Waals surface area contributed by atoms with Gasteiger partial charge in [0, 0.05) is 50.2 Å². The molecule has 1 aliphatic carbocycles. The maximum atomic E-state index is 12.8. The van der Waals surface area contributed by atoms with Crippen LogP contribution in [-0.4, -0.2) is 43.9 Å². The largest absolute Gasteiger partial charge is 0.372 e. The number of nitrogens with zero attached hydrogens (tertiary/aromatic N) is 2. The average molecular weight is 426 g/mol. The minimum atomic E-state index is -0.0120. The monoisotopic (exact) mass is 425 g/mol. The molecule has 1 atom stereocenters. The van der Waals surface area contributed by atoms with Crippen LogP contribution in [0, 0.1) is 5.92 Å². The van der Waals surface area contributed by atoms with Crippen molar-refractivity contribution < 1.29 is 9.59 Å². The highest BCUT2D eigenvalue weighted by molar-refractivity contribution is 7.14. The van der Waals surface area contributed by atoms with Gasteiger partial charge in [-0.3, -0.25) is 9.59 Å². The highest BCUT2D eigenvalue weighted by Gasteiger charge is 2.27. The first kappa shape index (κ1) is 20.9. The first-order valence-corrected chi connectivity index (χ1v) is 11.8. The minimum absolute atomic E-state index is 0.0120. The normalized spacial score (nSPS) is 18.6. The number of amides is 2. The summed E-state index contributed by atoms with van der Waals surface area (Å²) in [5, 5.41) is 3.12. The molecule has 1 aliphatic heterocycles. The summed E-state index contributed by atoms with van der Waals surface area (Å²) >= 11 is 1.58. The van der Waals surface area contributed by atoms with Crippen molar-refractivity contribution in [1.82, 2.24) is 10.2 Å². The molecule has 6 heteroatoms. The zero-order valence-electron chi connectivity index (χ0n) is 17.9. The lowest BCUT2D eigenvalue weighted by Gasteiger charge is -2.29. The van der Waals surface area contributed by atoms with E-state index in [1.54, 1.807) is 30.3 Å².